The Morgan fingerprint density at radius 2 is 1.95 bits per heavy atom. The van der Waals surface area contributed by atoms with E-state index in [4.69, 9.17) is 5.26 Å². The molecule has 1 amide bonds. The van der Waals surface area contributed by atoms with E-state index in [9.17, 15) is 4.79 Å². The summed E-state index contributed by atoms with van der Waals surface area (Å²) in [5.74, 6) is 0.689. The van der Waals surface area contributed by atoms with E-state index < -0.39 is 0 Å². The Morgan fingerprint density at radius 1 is 1.23 bits per heavy atom. The number of nitriles is 1. The Balaban J connectivity index is 1.73. The molecule has 0 aliphatic carbocycles. The number of pyridine rings is 1. The second-order valence-electron chi connectivity index (χ2n) is 5.09. The fourth-order valence-electron chi connectivity index (χ4n) is 2.49. The molecule has 0 radical (unpaired) electrons. The van der Waals surface area contributed by atoms with Crippen molar-refractivity contribution in [2.75, 3.05) is 12.3 Å². The minimum Gasteiger partial charge on any atom is -0.326 e. The third-order valence-electron chi connectivity index (χ3n) is 3.68. The average Bonchev–Trinajstić information content (AvgIpc) is 2.95. The number of rotatable bonds is 4. The van der Waals surface area contributed by atoms with Crippen molar-refractivity contribution < 1.29 is 4.79 Å². The molecule has 0 spiro atoms. The maximum absolute atomic E-state index is 12.1. The topological polar surface area (TPSA) is 57.0 Å². The van der Waals surface area contributed by atoms with Gasteiger partial charge in [0.1, 0.15) is 5.37 Å². The first kappa shape index (κ1) is 14.6. The van der Waals surface area contributed by atoms with Gasteiger partial charge in [0, 0.05) is 18.9 Å². The lowest BCUT2D eigenvalue weighted by atomic mass is 10.1. The van der Waals surface area contributed by atoms with Gasteiger partial charge < -0.3 is 4.90 Å². The summed E-state index contributed by atoms with van der Waals surface area (Å²) in [6.07, 6.45) is 4.36. The van der Waals surface area contributed by atoms with E-state index in [0.717, 1.165) is 12.0 Å². The van der Waals surface area contributed by atoms with E-state index in [1.807, 2.05) is 29.2 Å². The van der Waals surface area contributed by atoms with Crippen LogP contribution < -0.4 is 0 Å². The first-order valence-corrected chi connectivity index (χ1v) is 8.13. The molecule has 2 aromatic rings. The lowest BCUT2D eigenvalue weighted by Crippen LogP contribution is -2.30. The van der Waals surface area contributed by atoms with Crippen molar-refractivity contribution in [2.24, 2.45) is 0 Å². The van der Waals surface area contributed by atoms with E-state index in [0.29, 0.717) is 17.9 Å². The highest BCUT2D eigenvalue weighted by molar-refractivity contribution is 8.00. The summed E-state index contributed by atoms with van der Waals surface area (Å²) in [6.45, 7) is 0.695. The van der Waals surface area contributed by atoms with Gasteiger partial charge in [-0.15, -0.1) is 11.8 Å². The number of benzene rings is 1. The van der Waals surface area contributed by atoms with Crippen LogP contribution in [0.3, 0.4) is 0 Å². The molecule has 0 N–H and O–H groups in total. The van der Waals surface area contributed by atoms with Crippen LogP contribution in [-0.4, -0.2) is 28.1 Å². The van der Waals surface area contributed by atoms with Gasteiger partial charge in [0.15, 0.2) is 0 Å². The molecule has 1 aromatic carbocycles. The molecule has 1 saturated heterocycles. The molecule has 1 aliphatic heterocycles. The number of thioether (sulfide) groups is 1. The largest absolute Gasteiger partial charge is 0.326 e. The van der Waals surface area contributed by atoms with Crippen LogP contribution in [-0.2, 0) is 11.2 Å². The molecule has 22 heavy (non-hydrogen) atoms. The molecule has 4 nitrogen and oxygen atoms in total. The molecule has 0 bridgehead atoms. The zero-order chi connectivity index (χ0) is 15.4. The molecule has 110 valence electrons. The van der Waals surface area contributed by atoms with Gasteiger partial charge in [0.25, 0.3) is 0 Å². The van der Waals surface area contributed by atoms with Crippen LogP contribution in [0.25, 0.3) is 0 Å². The number of carbonyl (C=O) groups excluding carboxylic acids is 1. The van der Waals surface area contributed by atoms with Gasteiger partial charge in [-0.05, 0) is 41.8 Å². The van der Waals surface area contributed by atoms with Crippen LogP contribution in [0.1, 0.15) is 22.1 Å². The molecule has 5 heteroatoms. The van der Waals surface area contributed by atoms with E-state index >= 15 is 0 Å². The van der Waals surface area contributed by atoms with Crippen molar-refractivity contribution in [2.45, 2.75) is 11.8 Å². The van der Waals surface area contributed by atoms with Crippen molar-refractivity contribution in [1.82, 2.24) is 9.88 Å². The maximum Gasteiger partial charge on any atom is 0.233 e. The molecule has 2 heterocycles. The van der Waals surface area contributed by atoms with Crippen molar-refractivity contribution in [3.05, 3.63) is 65.5 Å². The van der Waals surface area contributed by atoms with E-state index in [2.05, 4.69) is 11.1 Å². The highest BCUT2D eigenvalue weighted by Gasteiger charge is 2.32. The standard InChI is InChI=1S/C17H15N3OS/c18-11-14-1-3-15(4-2-14)17-20(16(21)12-22-17)10-7-13-5-8-19-9-6-13/h1-6,8-9,17H,7,10,12H2. The number of amides is 1. The molecule has 3 rings (SSSR count). The van der Waals surface area contributed by atoms with Gasteiger partial charge in [-0.2, -0.15) is 5.26 Å². The molecular weight excluding hydrogens is 294 g/mol. The summed E-state index contributed by atoms with van der Waals surface area (Å²) in [6, 6.07) is 13.6. The Labute approximate surface area is 133 Å². The molecule has 1 aliphatic rings. The van der Waals surface area contributed by atoms with Gasteiger partial charge in [-0.3, -0.25) is 9.78 Å². The van der Waals surface area contributed by atoms with Crippen LogP contribution in [0, 0.1) is 11.3 Å². The number of nitrogens with zero attached hydrogens (tertiary/aromatic N) is 3. The second-order valence-corrected chi connectivity index (χ2v) is 6.16. The van der Waals surface area contributed by atoms with E-state index in [1.165, 1.54) is 5.56 Å². The second kappa shape index (κ2) is 6.63. The van der Waals surface area contributed by atoms with Gasteiger partial charge in [0.2, 0.25) is 5.91 Å². The lowest BCUT2D eigenvalue weighted by Gasteiger charge is -2.24. The molecule has 1 atom stereocenters. The van der Waals surface area contributed by atoms with Crippen LogP contribution in [0.15, 0.2) is 48.8 Å². The van der Waals surface area contributed by atoms with Crippen LogP contribution >= 0.6 is 11.8 Å². The Morgan fingerprint density at radius 3 is 2.64 bits per heavy atom. The van der Waals surface area contributed by atoms with Gasteiger partial charge in [-0.25, -0.2) is 0 Å². The van der Waals surface area contributed by atoms with E-state index in [-0.39, 0.29) is 11.3 Å². The van der Waals surface area contributed by atoms with Crippen molar-refractivity contribution in [3.8, 4) is 6.07 Å². The predicted octanol–water partition coefficient (Wildman–Crippen LogP) is 2.77. The zero-order valence-corrected chi connectivity index (χ0v) is 12.8. The third kappa shape index (κ3) is 3.12. The Hall–Kier alpha value is -2.32. The Kier molecular flexibility index (Phi) is 4.40. The summed E-state index contributed by atoms with van der Waals surface area (Å²) in [7, 11) is 0. The third-order valence-corrected chi connectivity index (χ3v) is 4.94. The SMILES string of the molecule is N#Cc1ccc(C2SCC(=O)N2CCc2ccncc2)cc1. The van der Waals surface area contributed by atoms with E-state index in [1.54, 1.807) is 36.3 Å². The van der Waals surface area contributed by atoms with Gasteiger partial charge in [-0.1, -0.05) is 12.1 Å². The highest BCUT2D eigenvalue weighted by Crippen LogP contribution is 2.38. The van der Waals surface area contributed by atoms with Gasteiger partial charge in [0.05, 0.1) is 17.4 Å². The minimum atomic E-state index is 0.0436. The van der Waals surface area contributed by atoms with Crippen molar-refractivity contribution in [1.29, 1.82) is 5.26 Å². The number of hydrogen-bond acceptors (Lipinski definition) is 4. The minimum absolute atomic E-state index is 0.0436. The first-order valence-electron chi connectivity index (χ1n) is 7.08. The summed E-state index contributed by atoms with van der Waals surface area (Å²) < 4.78 is 0. The number of aromatic nitrogens is 1. The van der Waals surface area contributed by atoms with Crippen LogP contribution in [0.2, 0.25) is 0 Å². The van der Waals surface area contributed by atoms with Gasteiger partial charge >= 0.3 is 0 Å². The average molecular weight is 309 g/mol. The quantitative estimate of drug-likeness (QED) is 0.871. The monoisotopic (exact) mass is 309 g/mol. The molecular formula is C17H15N3OS. The normalized spacial score (nSPS) is 17.5. The first-order chi connectivity index (χ1) is 10.8. The smallest absolute Gasteiger partial charge is 0.233 e. The fraction of sp³-hybridized carbons (Fsp3) is 0.235. The van der Waals surface area contributed by atoms with Crippen molar-refractivity contribution >= 4 is 17.7 Å². The van der Waals surface area contributed by atoms with Crippen LogP contribution in [0.4, 0.5) is 0 Å². The Bertz CT molecular complexity index is 694. The summed E-state index contributed by atoms with van der Waals surface area (Å²) >= 11 is 1.64. The summed E-state index contributed by atoms with van der Waals surface area (Å²) in [5, 5.41) is 8.92. The van der Waals surface area contributed by atoms with Crippen molar-refractivity contribution in [3.63, 3.8) is 0 Å². The summed E-state index contributed by atoms with van der Waals surface area (Å²) in [5.41, 5.74) is 2.89. The molecule has 1 fully saturated rings. The summed E-state index contributed by atoms with van der Waals surface area (Å²) in [4.78, 5) is 18.1. The zero-order valence-electron chi connectivity index (χ0n) is 12.0. The molecule has 1 aromatic heterocycles. The highest BCUT2D eigenvalue weighted by atomic mass is 32.2. The molecule has 1 unspecified atom stereocenters. The number of carbonyl (C=O) groups is 1. The fourth-order valence-corrected chi connectivity index (χ4v) is 3.71. The predicted molar refractivity (Wildman–Crippen MR) is 86.0 cm³/mol. The lowest BCUT2D eigenvalue weighted by molar-refractivity contribution is -0.128. The number of hydrogen-bond donors (Lipinski definition) is 0. The maximum atomic E-state index is 12.1. The van der Waals surface area contributed by atoms with Crippen LogP contribution in [0.5, 0.6) is 0 Å². The molecule has 0 saturated carbocycles.